The summed E-state index contributed by atoms with van der Waals surface area (Å²) >= 11 is 0. The van der Waals surface area contributed by atoms with E-state index in [1.54, 1.807) is 0 Å². The molecule has 0 heterocycles. The summed E-state index contributed by atoms with van der Waals surface area (Å²) in [5.41, 5.74) is 0. The van der Waals surface area contributed by atoms with Crippen molar-refractivity contribution in [3.05, 3.63) is 7.43 Å². The summed E-state index contributed by atoms with van der Waals surface area (Å²) in [7, 11) is 0. The van der Waals surface area contributed by atoms with Crippen LogP contribution in [0.4, 0.5) is 0 Å². The molecule has 0 aromatic heterocycles. The van der Waals surface area contributed by atoms with E-state index in [1.165, 1.54) is 0 Å². The zero-order valence-electron chi connectivity index (χ0n) is 2.69. The number of carbonyl (C=O) groups excluding carboxylic acids is 1. The van der Waals surface area contributed by atoms with Crippen LogP contribution in [0.25, 0.3) is 0 Å². The average Bonchev–Trinajstić information content (AvgIpc) is 1.00. The van der Waals surface area contributed by atoms with E-state index in [4.69, 9.17) is 4.79 Å². The Hall–Kier alpha value is -0.161. The van der Waals surface area contributed by atoms with E-state index in [2.05, 4.69) is 6.79 Å². The summed E-state index contributed by atoms with van der Waals surface area (Å²) in [6.07, 6.45) is 0. The molecule has 0 aliphatic carbocycles. The second-order valence-electron chi connectivity index (χ2n) is 0. The van der Waals surface area contributed by atoms with Crippen LogP contribution in [-0.2, 0) is 4.79 Å². The third-order valence-electron chi connectivity index (χ3n) is 0. The maximum absolute atomic E-state index is 7.75. The van der Waals surface area contributed by atoms with Crippen LogP contribution in [0.5, 0.6) is 0 Å². The third kappa shape index (κ3) is 49.8. The summed E-state index contributed by atoms with van der Waals surface area (Å²) in [5.74, 6) is 0. The second kappa shape index (κ2) is 370. The number of rotatable bonds is 0. The zero-order valence-corrected chi connectivity index (χ0v) is 2.69. The minimum atomic E-state index is 0. The van der Waals surface area contributed by atoms with E-state index in [0.717, 1.165) is 0 Å². The van der Waals surface area contributed by atoms with Crippen molar-refractivity contribution in [2.24, 2.45) is 0 Å². The van der Waals surface area contributed by atoms with Crippen molar-refractivity contribution in [3.8, 4) is 0 Å². The Morgan fingerprint density at radius 3 is 1.25 bits per heavy atom. The van der Waals surface area contributed by atoms with Gasteiger partial charge in [0, 0.05) is 0 Å². The molecule has 0 saturated heterocycles. The molecular formula is C2H4BeO. The van der Waals surface area contributed by atoms with Gasteiger partial charge in [-0.1, -0.05) is 0 Å². The first-order chi connectivity index (χ1) is 1.00. The molecule has 0 spiro atoms. The standard InChI is InChI=1S/CHO.CH3.Be/c1-2;;/h1H;1H3;/q2*-1;+2. The van der Waals surface area contributed by atoms with Crippen molar-refractivity contribution in [2.75, 3.05) is 0 Å². The smallest absolute Gasteiger partial charge is 0.545 e. The SMILES string of the molecule is [Be+2].[CH-]=O.[CH3-]. The monoisotopic (exact) mass is 53.0 g/mol. The maximum Gasteiger partial charge on any atom is 2.00 e. The van der Waals surface area contributed by atoms with Crippen LogP contribution in [0.2, 0.25) is 0 Å². The van der Waals surface area contributed by atoms with Crippen LogP contribution >= 0.6 is 0 Å². The topological polar surface area (TPSA) is 17.1 Å². The Morgan fingerprint density at radius 1 is 1.25 bits per heavy atom. The van der Waals surface area contributed by atoms with Gasteiger partial charge in [-0.3, -0.25) is 6.79 Å². The fourth-order valence-electron chi connectivity index (χ4n) is 0. The quantitative estimate of drug-likeness (QED) is 0.212. The minimum absolute atomic E-state index is 0. The number of hydrogen-bond donors (Lipinski definition) is 0. The van der Waals surface area contributed by atoms with Gasteiger partial charge in [0.15, 0.2) is 0 Å². The molecule has 0 bridgehead atoms. The van der Waals surface area contributed by atoms with Crippen LogP contribution in [0.15, 0.2) is 0 Å². The van der Waals surface area contributed by atoms with Gasteiger partial charge in [0.05, 0.1) is 0 Å². The third-order valence-corrected chi connectivity index (χ3v) is 0. The van der Waals surface area contributed by atoms with Crippen molar-refractivity contribution in [3.63, 3.8) is 0 Å². The fourth-order valence-corrected chi connectivity index (χ4v) is 0. The molecule has 0 N–H and O–H groups in total. The van der Waals surface area contributed by atoms with E-state index < -0.39 is 0 Å². The molecule has 0 fully saturated rings. The normalized spacial score (nSPS) is 1.00. The molecule has 0 aliphatic rings. The van der Waals surface area contributed by atoms with Gasteiger partial charge in [-0.05, 0) is 0 Å². The summed E-state index contributed by atoms with van der Waals surface area (Å²) in [6.45, 7) is 3.25. The summed E-state index contributed by atoms with van der Waals surface area (Å²) < 4.78 is 0. The summed E-state index contributed by atoms with van der Waals surface area (Å²) in [5, 5.41) is 0. The van der Waals surface area contributed by atoms with Crippen LogP contribution in [0, 0.1) is 7.43 Å². The molecule has 0 atom stereocenters. The molecule has 20 valence electrons. The van der Waals surface area contributed by atoms with E-state index in [9.17, 15) is 0 Å². The first kappa shape index (κ1) is 44.0. The van der Waals surface area contributed by atoms with Crippen molar-refractivity contribution >= 4 is 16.9 Å². The molecule has 0 unspecified atom stereocenters. The van der Waals surface area contributed by atoms with Gasteiger partial charge in [-0.2, -0.15) is 0 Å². The van der Waals surface area contributed by atoms with Gasteiger partial charge in [-0.25, -0.2) is 0 Å². The molecule has 0 amide bonds. The largest absolute Gasteiger partial charge is 2.00 e. The molecule has 0 aliphatic heterocycles. The molecule has 0 aromatic rings. The van der Waals surface area contributed by atoms with Gasteiger partial charge in [0.25, 0.3) is 0 Å². The van der Waals surface area contributed by atoms with Gasteiger partial charge >= 0.3 is 10.1 Å². The zero-order chi connectivity index (χ0) is 2.00. The molecule has 0 radical (unpaired) electrons. The first-order valence-electron chi connectivity index (χ1n) is 0.236. The minimum Gasteiger partial charge on any atom is -0.545 e. The van der Waals surface area contributed by atoms with Crippen LogP contribution in [0.1, 0.15) is 0 Å². The van der Waals surface area contributed by atoms with Gasteiger partial charge in [-0.15, -0.1) is 0 Å². The summed E-state index contributed by atoms with van der Waals surface area (Å²) in [4.78, 5) is 7.75. The molecule has 0 saturated carbocycles. The van der Waals surface area contributed by atoms with Crippen molar-refractivity contribution in [2.45, 2.75) is 0 Å². The Balaban J connectivity index is -0.00000000500. The van der Waals surface area contributed by atoms with Crippen LogP contribution in [-0.4, -0.2) is 16.9 Å². The van der Waals surface area contributed by atoms with Crippen LogP contribution in [0.3, 0.4) is 0 Å². The summed E-state index contributed by atoms with van der Waals surface area (Å²) in [6, 6.07) is 0. The first-order valence-corrected chi connectivity index (χ1v) is 0.236. The van der Waals surface area contributed by atoms with E-state index >= 15 is 0 Å². The molecule has 0 aromatic carbocycles. The Morgan fingerprint density at radius 2 is 1.25 bits per heavy atom. The van der Waals surface area contributed by atoms with E-state index in [-0.39, 0.29) is 17.5 Å². The Bertz CT molecular complexity index is 6.00. The predicted molar refractivity (Wildman–Crippen MR) is 18.9 cm³/mol. The predicted octanol–water partition coefficient (Wildman–Crippen LogP) is -0.205. The Kier molecular flexibility index (Phi) is 4060. The van der Waals surface area contributed by atoms with E-state index in [1.807, 2.05) is 0 Å². The van der Waals surface area contributed by atoms with Crippen molar-refractivity contribution in [1.29, 1.82) is 0 Å². The van der Waals surface area contributed by atoms with Gasteiger partial charge in [0.2, 0.25) is 0 Å². The molecule has 4 heavy (non-hydrogen) atoms. The Labute approximate surface area is 30.2 Å². The van der Waals surface area contributed by atoms with Crippen LogP contribution < -0.4 is 0 Å². The average molecular weight is 53.1 g/mol. The maximum atomic E-state index is 7.75. The van der Waals surface area contributed by atoms with Gasteiger partial charge in [0.1, 0.15) is 0 Å². The van der Waals surface area contributed by atoms with Crippen molar-refractivity contribution < 1.29 is 4.79 Å². The molecule has 1 nitrogen and oxygen atoms in total. The van der Waals surface area contributed by atoms with Gasteiger partial charge < -0.3 is 12.2 Å². The van der Waals surface area contributed by atoms with E-state index in [0.29, 0.717) is 0 Å². The van der Waals surface area contributed by atoms with Crippen molar-refractivity contribution in [1.82, 2.24) is 0 Å². The fraction of sp³-hybridized carbons (Fsp3) is 0. The second-order valence-corrected chi connectivity index (χ2v) is 0. The molecule has 2 heteroatoms. The number of hydrogen-bond acceptors (Lipinski definition) is 1. The molecular weight excluding hydrogens is 49.0 g/mol. The molecule has 0 rings (SSSR count).